The highest BCUT2D eigenvalue weighted by Gasteiger charge is 2.23. The lowest BCUT2D eigenvalue weighted by atomic mass is 10.4. The summed E-state index contributed by atoms with van der Waals surface area (Å²) >= 11 is 3.23. The molecule has 20 heavy (non-hydrogen) atoms. The molecule has 1 aliphatic carbocycles. The van der Waals surface area contributed by atoms with Gasteiger partial charge >= 0.3 is 0 Å². The number of nitrogens with zero attached hydrogens (tertiary/aromatic N) is 2. The summed E-state index contributed by atoms with van der Waals surface area (Å²) in [5.41, 5.74) is 0.254. The average Bonchev–Trinajstić information content (AvgIpc) is 3.23. The van der Waals surface area contributed by atoms with Gasteiger partial charge in [0.05, 0.1) is 31.6 Å². The summed E-state index contributed by atoms with van der Waals surface area (Å²) in [6, 6.07) is 0.327. The number of anilines is 1. The lowest BCUT2D eigenvalue weighted by Gasteiger charge is -2.10. The minimum atomic E-state index is -0.255. The molecule has 2 N–H and O–H groups in total. The zero-order valence-electron chi connectivity index (χ0n) is 11.2. The van der Waals surface area contributed by atoms with Crippen molar-refractivity contribution in [2.24, 2.45) is 0 Å². The summed E-state index contributed by atoms with van der Waals surface area (Å²) in [6.07, 6.45) is 3.62. The predicted molar refractivity (Wildman–Crippen MR) is 77.7 cm³/mol. The van der Waals surface area contributed by atoms with Crippen LogP contribution in [0.1, 0.15) is 12.8 Å². The maximum atomic E-state index is 12.0. The van der Waals surface area contributed by atoms with Gasteiger partial charge in [-0.3, -0.25) is 9.59 Å². The fourth-order valence-electron chi connectivity index (χ4n) is 1.61. The van der Waals surface area contributed by atoms with Crippen LogP contribution in [0.3, 0.4) is 0 Å². The third-order valence-corrected chi connectivity index (χ3v) is 3.64. The molecule has 0 bridgehead atoms. The Morgan fingerprint density at radius 3 is 3.00 bits per heavy atom. The van der Waals surface area contributed by atoms with Crippen molar-refractivity contribution in [3.8, 4) is 0 Å². The minimum Gasteiger partial charge on any atom is -0.383 e. The normalized spacial score (nSPS) is 14.1. The van der Waals surface area contributed by atoms with E-state index in [0.29, 0.717) is 29.4 Å². The van der Waals surface area contributed by atoms with Gasteiger partial charge < -0.3 is 15.4 Å². The molecular formula is C12H17BrN4O3. The maximum Gasteiger partial charge on any atom is 0.283 e. The number of carbonyl (C=O) groups is 1. The van der Waals surface area contributed by atoms with Gasteiger partial charge in [0.25, 0.3) is 5.56 Å². The van der Waals surface area contributed by atoms with E-state index in [1.807, 2.05) is 0 Å². The number of methoxy groups -OCH3 is 1. The molecule has 1 aromatic heterocycles. The molecule has 1 aliphatic rings. The van der Waals surface area contributed by atoms with Crippen molar-refractivity contribution in [3.63, 3.8) is 0 Å². The highest BCUT2D eigenvalue weighted by Crippen LogP contribution is 2.19. The Hall–Kier alpha value is -1.41. The van der Waals surface area contributed by atoms with Crippen LogP contribution in [0.5, 0.6) is 0 Å². The van der Waals surface area contributed by atoms with Gasteiger partial charge in [-0.1, -0.05) is 0 Å². The maximum absolute atomic E-state index is 12.0. The topological polar surface area (TPSA) is 85.2 Å². The van der Waals surface area contributed by atoms with Gasteiger partial charge in [0.1, 0.15) is 4.47 Å². The zero-order chi connectivity index (χ0) is 14.5. The van der Waals surface area contributed by atoms with E-state index in [9.17, 15) is 9.59 Å². The summed E-state index contributed by atoms with van der Waals surface area (Å²) in [5.74, 6) is -0.0806. The van der Waals surface area contributed by atoms with Crippen molar-refractivity contribution in [2.75, 3.05) is 25.6 Å². The number of ether oxygens (including phenoxy) is 1. The van der Waals surface area contributed by atoms with E-state index < -0.39 is 0 Å². The summed E-state index contributed by atoms with van der Waals surface area (Å²) in [5, 5.41) is 9.79. The molecule has 1 amide bonds. The van der Waals surface area contributed by atoms with Crippen LogP contribution in [0.4, 0.5) is 5.69 Å². The molecule has 8 heteroatoms. The number of hydrogen-bond donors (Lipinski definition) is 2. The predicted octanol–water partition coefficient (Wildman–Crippen LogP) is 0.343. The monoisotopic (exact) mass is 344 g/mol. The lowest BCUT2D eigenvalue weighted by Crippen LogP contribution is -2.32. The number of rotatable bonds is 7. The molecule has 0 aromatic carbocycles. The zero-order valence-corrected chi connectivity index (χ0v) is 12.8. The molecule has 110 valence electrons. The van der Waals surface area contributed by atoms with Crippen LogP contribution in [0, 0.1) is 0 Å². The van der Waals surface area contributed by atoms with Crippen LogP contribution >= 0.6 is 15.9 Å². The first-order valence-corrected chi connectivity index (χ1v) is 7.19. The van der Waals surface area contributed by atoms with E-state index in [0.717, 1.165) is 12.8 Å². The largest absolute Gasteiger partial charge is 0.383 e. The summed E-state index contributed by atoms with van der Waals surface area (Å²) in [6.45, 7) is 0.921. The second kappa shape index (κ2) is 6.85. The molecule has 2 rings (SSSR count). The van der Waals surface area contributed by atoms with Crippen molar-refractivity contribution >= 4 is 27.5 Å². The van der Waals surface area contributed by atoms with E-state index in [1.54, 1.807) is 7.11 Å². The quantitative estimate of drug-likeness (QED) is 0.745. The van der Waals surface area contributed by atoms with Crippen molar-refractivity contribution < 1.29 is 9.53 Å². The van der Waals surface area contributed by atoms with Crippen LogP contribution in [-0.2, 0) is 16.1 Å². The van der Waals surface area contributed by atoms with Crippen LogP contribution in [0.15, 0.2) is 15.5 Å². The van der Waals surface area contributed by atoms with Gasteiger partial charge in [0, 0.05) is 13.2 Å². The van der Waals surface area contributed by atoms with Gasteiger partial charge in [-0.2, -0.15) is 5.10 Å². The van der Waals surface area contributed by atoms with Gasteiger partial charge in [0.2, 0.25) is 5.91 Å². The van der Waals surface area contributed by atoms with E-state index in [1.165, 1.54) is 10.9 Å². The highest BCUT2D eigenvalue weighted by atomic mass is 79.9. The smallest absolute Gasteiger partial charge is 0.283 e. The second-order valence-electron chi connectivity index (χ2n) is 4.59. The fraction of sp³-hybridized carbons (Fsp3) is 0.583. The van der Waals surface area contributed by atoms with Crippen LogP contribution < -0.4 is 16.2 Å². The highest BCUT2D eigenvalue weighted by molar-refractivity contribution is 9.10. The average molecular weight is 345 g/mol. The molecule has 7 nitrogen and oxygen atoms in total. The molecule has 0 radical (unpaired) electrons. The van der Waals surface area contributed by atoms with E-state index >= 15 is 0 Å². The molecule has 1 heterocycles. The number of halogens is 1. The van der Waals surface area contributed by atoms with Gasteiger partial charge in [-0.15, -0.1) is 0 Å². The van der Waals surface area contributed by atoms with Gasteiger partial charge in [-0.25, -0.2) is 4.68 Å². The Bertz CT molecular complexity index is 542. The molecule has 1 saturated carbocycles. The number of nitrogens with one attached hydrogen (secondary N) is 2. The molecular weight excluding hydrogens is 328 g/mol. The first-order valence-electron chi connectivity index (χ1n) is 6.39. The fourth-order valence-corrected chi connectivity index (χ4v) is 2.05. The van der Waals surface area contributed by atoms with Crippen molar-refractivity contribution in [1.82, 2.24) is 15.1 Å². The number of hydrogen-bond acceptors (Lipinski definition) is 5. The number of aromatic nitrogens is 2. The molecule has 0 spiro atoms. The van der Waals surface area contributed by atoms with Crippen LogP contribution in [-0.4, -0.2) is 42.0 Å². The Labute approximate surface area is 124 Å². The first-order chi connectivity index (χ1) is 9.61. The van der Waals surface area contributed by atoms with Gasteiger partial charge in [-0.05, 0) is 28.8 Å². The van der Waals surface area contributed by atoms with Crippen LogP contribution in [0.2, 0.25) is 0 Å². The summed E-state index contributed by atoms with van der Waals surface area (Å²) in [7, 11) is 1.56. The van der Waals surface area contributed by atoms with Crippen molar-refractivity contribution in [2.45, 2.75) is 25.4 Å². The first kappa shape index (κ1) is 15.0. The van der Waals surface area contributed by atoms with Crippen molar-refractivity contribution in [3.05, 3.63) is 21.0 Å². The molecule has 1 fully saturated rings. The second-order valence-corrected chi connectivity index (χ2v) is 5.38. The van der Waals surface area contributed by atoms with E-state index in [2.05, 4.69) is 31.7 Å². The Balaban J connectivity index is 1.95. The number of carbonyl (C=O) groups excluding carboxylic acids is 1. The van der Waals surface area contributed by atoms with E-state index in [4.69, 9.17) is 4.74 Å². The molecule has 0 aliphatic heterocycles. The number of amides is 1. The summed E-state index contributed by atoms with van der Waals surface area (Å²) < 4.78 is 6.58. The van der Waals surface area contributed by atoms with Gasteiger partial charge in [0.15, 0.2) is 0 Å². The van der Waals surface area contributed by atoms with E-state index in [-0.39, 0.29) is 18.0 Å². The molecule has 0 unspecified atom stereocenters. The Morgan fingerprint density at radius 1 is 1.60 bits per heavy atom. The summed E-state index contributed by atoms with van der Waals surface area (Å²) in [4.78, 5) is 23.5. The standard InChI is InChI=1S/C12H17BrN4O3/c1-20-5-4-17-12(19)11(13)9(6-15-17)14-7-10(18)16-8-2-3-8/h6,8,14H,2-5,7H2,1H3,(H,16,18). The Morgan fingerprint density at radius 2 is 2.35 bits per heavy atom. The third kappa shape index (κ3) is 4.04. The molecule has 0 atom stereocenters. The third-order valence-electron chi connectivity index (χ3n) is 2.87. The molecule has 0 saturated heterocycles. The lowest BCUT2D eigenvalue weighted by molar-refractivity contribution is -0.119. The SMILES string of the molecule is COCCn1ncc(NCC(=O)NC2CC2)c(Br)c1=O. The Kier molecular flexibility index (Phi) is 5.13. The minimum absolute atomic E-state index is 0.0806. The van der Waals surface area contributed by atoms with Crippen molar-refractivity contribution in [1.29, 1.82) is 0 Å². The molecule has 1 aromatic rings. The van der Waals surface area contributed by atoms with Crippen LogP contribution in [0.25, 0.3) is 0 Å².